The van der Waals surface area contributed by atoms with Crippen molar-refractivity contribution in [3.63, 3.8) is 0 Å². The lowest BCUT2D eigenvalue weighted by Crippen LogP contribution is -2.29. The van der Waals surface area contributed by atoms with Gasteiger partial charge in [-0.05, 0) is 83.9 Å². The average molecular weight is 687 g/mol. The van der Waals surface area contributed by atoms with Gasteiger partial charge in [0.1, 0.15) is 21.3 Å². The minimum Gasteiger partial charge on any atom is -0.379 e. The van der Waals surface area contributed by atoms with Gasteiger partial charge in [0.25, 0.3) is 0 Å². The Kier molecular flexibility index (Phi) is 10.6. The van der Waals surface area contributed by atoms with Gasteiger partial charge >= 0.3 is 32.3 Å². The Morgan fingerprint density at radius 1 is 0.479 bits per heavy atom. The second-order valence-corrected chi connectivity index (χ2v) is 13.3. The summed E-state index contributed by atoms with van der Waals surface area (Å²) in [7, 11) is -7.95. The molecule has 4 N–H and O–H groups in total. The third-order valence-electron chi connectivity index (χ3n) is 6.60. The molecule has 0 saturated carbocycles. The topological polar surface area (TPSA) is 169 Å². The third-order valence-corrected chi connectivity index (χ3v) is 9.12. The zero-order chi connectivity index (χ0) is 34.0. The summed E-state index contributed by atoms with van der Waals surface area (Å²) in [4.78, 5) is 25.0. The monoisotopic (exact) mass is 686 g/mol. The van der Waals surface area contributed by atoms with Gasteiger partial charge in [0.15, 0.2) is 0 Å². The van der Waals surface area contributed by atoms with E-state index in [1.807, 2.05) is 18.2 Å². The lowest BCUT2D eigenvalue weighted by atomic mass is 10.1. The first kappa shape index (κ1) is 33.5. The van der Waals surface area contributed by atoms with E-state index >= 15 is 0 Å². The second kappa shape index (κ2) is 15.2. The summed E-state index contributed by atoms with van der Waals surface area (Å²) in [5, 5.41) is 10.9. The molecule has 246 valence electrons. The van der Waals surface area contributed by atoms with Crippen LogP contribution in [-0.4, -0.2) is 28.9 Å². The Bertz CT molecular complexity index is 1930. The van der Waals surface area contributed by atoms with Gasteiger partial charge in [-0.2, -0.15) is 16.8 Å². The molecule has 0 aliphatic rings. The van der Waals surface area contributed by atoms with E-state index in [0.29, 0.717) is 11.4 Å². The molecule has 5 rings (SSSR count). The highest BCUT2D eigenvalue weighted by atomic mass is 32.2. The van der Waals surface area contributed by atoms with Crippen molar-refractivity contribution >= 4 is 43.7 Å². The van der Waals surface area contributed by atoms with Gasteiger partial charge in [-0.15, -0.1) is 0 Å². The number of amides is 4. The number of hydrogen-bond acceptors (Lipinski definition) is 8. The molecule has 0 spiro atoms. The first-order valence-electron chi connectivity index (χ1n) is 14.4. The van der Waals surface area contributed by atoms with Gasteiger partial charge in [0.05, 0.1) is 0 Å². The van der Waals surface area contributed by atoms with E-state index in [2.05, 4.69) is 21.3 Å². The van der Waals surface area contributed by atoms with Gasteiger partial charge < -0.3 is 29.6 Å². The summed E-state index contributed by atoms with van der Waals surface area (Å²) in [6.07, 6.45) is 0. The van der Waals surface area contributed by atoms with Crippen molar-refractivity contribution in [1.82, 2.24) is 10.6 Å². The molecular weight excluding hydrogens is 657 g/mol. The summed E-state index contributed by atoms with van der Waals surface area (Å²) in [5.41, 5.74) is 2.45. The predicted molar refractivity (Wildman–Crippen MR) is 180 cm³/mol. The Labute approximate surface area is 278 Å². The summed E-state index contributed by atoms with van der Waals surface area (Å²) < 4.78 is 59.9. The Hall–Kier alpha value is -5.86. The number of anilines is 2. The maximum absolute atomic E-state index is 12.5. The molecule has 0 atom stereocenters. The molecular formula is C34H30N4O8S2. The van der Waals surface area contributed by atoms with Crippen molar-refractivity contribution in [3.05, 3.63) is 145 Å². The maximum atomic E-state index is 12.5. The molecule has 0 aliphatic carbocycles. The van der Waals surface area contributed by atoms with Gasteiger partial charge in [0, 0.05) is 24.5 Å². The number of rotatable bonds is 12. The smallest absolute Gasteiger partial charge is 0.339 e. The number of carbonyl (C=O) groups excluding carboxylic acids is 2. The van der Waals surface area contributed by atoms with Gasteiger partial charge in [-0.1, -0.05) is 60.7 Å². The molecule has 5 aromatic rings. The fourth-order valence-electron chi connectivity index (χ4n) is 4.28. The van der Waals surface area contributed by atoms with Crippen LogP contribution >= 0.6 is 0 Å². The summed E-state index contributed by atoms with van der Waals surface area (Å²) in [6, 6.07) is 33.7. The molecule has 14 heteroatoms. The zero-order valence-corrected chi connectivity index (χ0v) is 26.8. The van der Waals surface area contributed by atoms with Crippen LogP contribution in [0.15, 0.2) is 143 Å². The lowest BCUT2D eigenvalue weighted by molar-refractivity contribution is 0.251. The first-order valence-corrected chi connectivity index (χ1v) is 17.2. The number of hydrogen-bond donors (Lipinski definition) is 4. The van der Waals surface area contributed by atoms with Crippen molar-refractivity contribution in [3.8, 4) is 11.5 Å². The van der Waals surface area contributed by atoms with Crippen molar-refractivity contribution in [2.24, 2.45) is 0 Å². The van der Waals surface area contributed by atoms with Gasteiger partial charge in [0.2, 0.25) is 0 Å². The van der Waals surface area contributed by atoms with Crippen LogP contribution in [0.3, 0.4) is 0 Å². The maximum Gasteiger partial charge on any atom is 0.339 e. The molecule has 0 saturated heterocycles. The van der Waals surface area contributed by atoms with Crippen molar-refractivity contribution in [2.75, 3.05) is 10.6 Å². The second-order valence-electron chi connectivity index (χ2n) is 10.2. The first-order chi connectivity index (χ1) is 23.1. The summed E-state index contributed by atoms with van der Waals surface area (Å²) in [6.45, 7) is 0.410. The van der Waals surface area contributed by atoms with Crippen molar-refractivity contribution < 1.29 is 34.8 Å². The van der Waals surface area contributed by atoms with Gasteiger partial charge in [-0.25, -0.2) is 9.59 Å². The van der Waals surface area contributed by atoms with Crippen LogP contribution in [0.5, 0.6) is 11.5 Å². The lowest BCUT2D eigenvalue weighted by Gasteiger charge is -2.11. The van der Waals surface area contributed by atoms with Crippen molar-refractivity contribution in [1.29, 1.82) is 0 Å². The largest absolute Gasteiger partial charge is 0.379 e. The number of urea groups is 2. The molecule has 0 radical (unpaired) electrons. The fraction of sp³-hybridized carbons (Fsp3) is 0.0588. The molecule has 0 unspecified atom stereocenters. The van der Waals surface area contributed by atoms with Crippen LogP contribution in [0.1, 0.15) is 11.1 Å². The summed E-state index contributed by atoms with van der Waals surface area (Å²) >= 11 is 0. The Morgan fingerprint density at radius 3 is 1.23 bits per heavy atom. The van der Waals surface area contributed by atoms with E-state index in [-0.39, 0.29) is 34.4 Å². The quantitative estimate of drug-likeness (QED) is 0.118. The standard InChI is InChI=1S/C34H30N4O8S2/c39-33(37-27-14-18-29(19-15-27)45-47(41,42)31-10-3-1-4-11-31)35-23-25-8-7-9-26(22-25)24-36-34(40)38-28-16-20-30(21-17-28)46-48(43,44)32-12-5-2-6-13-32/h1-22H,23-24H2,(H2,35,37,39)(H2,36,38,40). The zero-order valence-electron chi connectivity index (χ0n) is 25.2. The van der Waals surface area contributed by atoms with Crippen LogP contribution in [0.25, 0.3) is 0 Å². The fourth-order valence-corrected chi connectivity index (χ4v) is 6.18. The van der Waals surface area contributed by atoms with Crippen molar-refractivity contribution in [2.45, 2.75) is 22.9 Å². The van der Waals surface area contributed by atoms with Gasteiger partial charge in [-0.3, -0.25) is 0 Å². The van der Waals surface area contributed by atoms with E-state index in [0.717, 1.165) is 11.1 Å². The Balaban J connectivity index is 1.05. The Morgan fingerprint density at radius 2 is 0.854 bits per heavy atom. The van der Waals surface area contributed by atoms with Crippen LogP contribution < -0.4 is 29.6 Å². The molecule has 4 amide bonds. The number of nitrogens with one attached hydrogen (secondary N) is 4. The van der Waals surface area contributed by atoms with Crippen LogP contribution in [-0.2, 0) is 33.3 Å². The minimum absolute atomic E-state index is 0.0318. The normalized spacial score (nSPS) is 11.2. The van der Waals surface area contributed by atoms with E-state index in [4.69, 9.17) is 8.37 Å². The molecule has 0 heterocycles. The minimum atomic E-state index is -3.98. The predicted octanol–water partition coefficient (Wildman–Crippen LogP) is 5.87. The van der Waals surface area contributed by atoms with E-state index in [1.54, 1.807) is 42.5 Å². The summed E-state index contributed by atoms with van der Waals surface area (Å²) in [5.74, 6) is 0.201. The highest BCUT2D eigenvalue weighted by molar-refractivity contribution is 7.87. The van der Waals surface area contributed by atoms with E-state index < -0.39 is 32.3 Å². The molecule has 0 fully saturated rings. The number of carbonyl (C=O) groups is 2. The molecule has 0 aromatic heterocycles. The van der Waals surface area contributed by atoms with E-state index in [9.17, 15) is 26.4 Å². The van der Waals surface area contributed by atoms with Crippen LogP contribution in [0.2, 0.25) is 0 Å². The molecule has 0 bridgehead atoms. The average Bonchev–Trinajstić information content (AvgIpc) is 3.09. The highest BCUT2D eigenvalue weighted by Crippen LogP contribution is 2.22. The van der Waals surface area contributed by atoms with E-state index in [1.165, 1.54) is 72.8 Å². The molecule has 12 nitrogen and oxygen atoms in total. The van der Waals surface area contributed by atoms with Crippen LogP contribution in [0, 0.1) is 0 Å². The molecule has 5 aromatic carbocycles. The van der Waals surface area contributed by atoms with Crippen LogP contribution in [0.4, 0.5) is 21.0 Å². The third kappa shape index (κ3) is 9.57. The number of benzene rings is 5. The molecule has 0 aliphatic heterocycles. The molecule has 48 heavy (non-hydrogen) atoms. The SMILES string of the molecule is O=C(NCc1cccc(CNC(=O)Nc2ccc(OS(=O)(=O)c3ccccc3)cc2)c1)Nc1ccc(OS(=O)(=O)c2ccccc2)cc1. The highest BCUT2D eigenvalue weighted by Gasteiger charge is 2.17.